The zero-order valence-corrected chi connectivity index (χ0v) is 13.2. The maximum absolute atomic E-state index is 5.90. The van der Waals surface area contributed by atoms with Crippen molar-refractivity contribution in [1.82, 2.24) is 5.32 Å². The fourth-order valence-corrected chi connectivity index (χ4v) is 3.60. The molecule has 1 rings (SSSR count). The maximum Gasteiger partial charge on any atom is 0.0770 e. The number of nitrogens with one attached hydrogen (secondary N) is 1. The summed E-state index contributed by atoms with van der Waals surface area (Å²) in [6.07, 6.45) is 2.50. The molecule has 17 heavy (non-hydrogen) atoms. The Bertz CT molecular complexity index is 310. The van der Waals surface area contributed by atoms with Crippen molar-refractivity contribution in [2.24, 2.45) is 0 Å². The van der Waals surface area contributed by atoms with Gasteiger partial charge in [-0.2, -0.15) is 11.3 Å². The van der Waals surface area contributed by atoms with Gasteiger partial charge in [-0.3, -0.25) is 0 Å². The van der Waals surface area contributed by atoms with Crippen LogP contribution in [-0.4, -0.2) is 19.3 Å². The van der Waals surface area contributed by atoms with Gasteiger partial charge in [0.1, 0.15) is 0 Å². The largest absolute Gasteiger partial charge is 0.377 e. The van der Waals surface area contributed by atoms with Crippen LogP contribution in [0.2, 0.25) is 0 Å². The van der Waals surface area contributed by atoms with Crippen molar-refractivity contribution in [3.8, 4) is 0 Å². The molecule has 0 saturated heterocycles. The first kappa shape index (κ1) is 15.2. The number of halogens is 1. The molecule has 0 aromatic carbocycles. The smallest absolute Gasteiger partial charge is 0.0770 e. The van der Waals surface area contributed by atoms with E-state index in [1.54, 1.807) is 11.3 Å². The molecule has 0 aliphatic heterocycles. The van der Waals surface area contributed by atoms with Crippen LogP contribution in [0.25, 0.3) is 0 Å². The summed E-state index contributed by atoms with van der Waals surface area (Å²) >= 11 is 5.35. The van der Waals surface area contributed by atoms with E-state index >= 15 is 0 Å². The average Bonchev–Trinajstić information content (AvgIpc) is 2.72. The van der Waals surface area contributed by atoms with Crippen LogP contribution >= 0.6 is 27.3 Å². The van der Waals surface area contributed by atoms with Crippen molar-refractivity contribution < 1.29 is 4.74 Å². The van der Waals surface area contributed by atoms with E-state index in [2.05, 4.69) is 52.8 Å². The molecule has 0 aliphatic carbocycles. The van der Waals surface area contributed by atoms with Gasteiger partial charge in [-0.1, -0.05) is 20.3 Å². The lowest BCUT2D eigenvalue weighted by molar-refractivity contribution is 0.0279. The Morgan fingerprint density at radius 1 is 1.35 bits per heavy atom. The van der Waals surface area contributed by atoms with Crippen molar-refractivity contribution in [2.75, 3.05) is 13.2 Å². The summed E-state index contributed by atoms with van der Waals surface area (Å²) < 4.78 is 7.09. The molecule has 2 unspecified atom stereocenters. The second-order valence-electron chi connectivity index (χ2n) is 3.99. The van der Waals surface area contributed by atoms with E-state index in [9.17, 15) is 0 Å². The Kier molecular flexibility index (Phi) is 7.35. The minimum Gasteiger partial charge on any atom is -0.377 e. The molecule has 0 bridgehead atoms. The minimum absolute atomic E-state index is 0.260. The van der Waals surface area contributed by atoms with Crippen LogP contribution in [0, 0.1) is 0 Å². The Hall–Kier alpha value is 0.100. The van der Waals surface area contributed by atoms with Crippen LogP contribution in [0.15, 0.2) is 15.2 Å². The third-order valence-corrected chi connectivity index (χ3v) is 4.48. The van der Waals surface area contributed by atoms with Gasteiger partial charge >= 0.3 is 0 Å². The predicted molar refractivity (Wildman–Crippen MR) is 78.8 cm³/mol. The summed E-state index contributed by atoms with van der Waals surface area (Å²) in [5.74, 6) is 0. The van der Waals surface area contributed by atoms with Gasteiger partial charge in [0, 0.05) is 16.5 Å². The molecule has 1 N–H and O–H groups in total. The minimum atomic E-state index is 0.260. The molecule has 0 spiro atoms. The van der Waals surface area contributed by atoms with Gasteiger partial charge in [0.2, 0.25) is 0 Å². The zero-order valence-electron chi connectivity index (χ0n) is 10.8. The number of hydrogen-bond acceptors (Lipinski definition) is 3. The van der Waals surface area contributed by atoms with E-state index in [0.29, 0.717) is 6.04 Å². The fraction of sp³-hybridized carbons (Fsp3) is 0.692. The molecule has 0 radical (unpaired) electrons. The van der Waals surface area contributed by atoms with Crippen LogP contribution < -0.4 is 5.32 Å². The summed E-state index contributed by atoms with van der Waals surface area (Å²) in [6, 6.07) is 0.292. The Morgan fingerprint density at radius 3 is 2.59 bits per heavy atom. The highest BCUT2D eigenvalue weighted by atomic mass is 79.9. The second kappa shape index (κ2) is 8.25. The monoisotopic (exact) mass is 319 g/mol. The molecule has 1 aromatic heterocycles. The highest BCUT2D eigenvalue weighted by Gasteiger charge is 2.24. The van der Waals surface area contributed by atoms with Crippen molar-refractivity contribution >= 4 is 27.3 Å². The third-order valence-electron chi connectivity index (χ3n) is 2.73. The first-order valence-corrected chi connectivity index (χ1v) is 8.04. The van der Waals surface area contributed by atoms with Crippen LogP contribution in [0.5, 0.6) is 0 Å². The summed E-state index contributed by atoms with van der Waals surface area (Å²) in [4.78, 5) is 0. The molecular formula is C13H22BrNOS. The highest BCUT2D eigenvalue weighted by Crippen LogP contribution is 2.31. The third kappa shape index (κ3) is 4.36. The van der Waals surface area contributed by atoms with Gasteiger partial charge in [-0.15, -0.1) is 0 Å². The Labute approximate surface area is 117 Å². The quantitative estimate of drug-likeness (QED) is 0.768. The van der Waals surface area contributed by atoms with E-state index in [1.807, 2.05) is 0 Å². The van der Waals surface area contributed by atoms with Crippen molar-refractivity contribution in [2.45, 2.75) is 45.8 Å². The molecule has 0 amide bonds. The summed E-state index contributed by atoms with van der Waals surface area (Å²) in [7, 11) is 0. The lowest BCUT2D eigenvalue weighted by atomic mass is 10.0. The van der Waals surface area contributed by atoms with Gasteiger partial charge < -0.3 is 10.1 Å². The molecule has 98 valence electrons. The van der Waals surface area contributed by atoms with Gasteiger partial charge in [0.15, 0.2) is 0 Å². The Morgan fingerprint density at radius 2 is 2.12 bits per heavy atom. The first-order chi connectivity index (χ1) is 8.24. The van der Waals surface area contributed by atoms with E-state index in [4.69, 9.17) is 4.74 Å². The highest BCUT2D eigenvalue weighted by molar-refractivity contribution is 9.10. The average molecular weight is 320 g/mol. The van der Waals surface area contributed by atoms with E-state index < -0.39 is 0 Å². The maximum atomic E-state index is 5.90. The number of thiophene rings is 1. The van der Waals surface area contributed by atoms with Gasteiger partial charge in [0.05, 0.1) is 12.1 Å². The van der Waals surface area contributed by atoms with E-state index in [1.165, 1.54) is 10.0 Å². The molecule has 2 atom stereocenters. The topological polar surface area (TPSA) is 21.3 Å². The van der Waals surface area contributed by atoms with Crippen LogP contribution in [0.1, 0.15) is 45.2 Å². The number of hydrogen-bond donors (Lipinski definition) is 1. The van der Waals surface area contributed by atoms with Crippen molar-refractivity contribution in [3.63, 3.8) is 0 Å². The van der Waals surface area contributed by atoms with Crippen LogP contribution in [0.3, 0.4) is 0 Å². The van der Waals surface area contributed by atoms with Crippen molar-refractivity contribution in [3.05, 3.63) is 20.8 Å². The normalized spacial score (nSPS) is 14.8. The molecule has 0 saturated carbocycles. The van der Waals surface area contributed by atoms with Crippen LogP contribution in [-0.2, 0) is 4.74 Å². The predicted octanol–water partition coefficient (Wildman–Crippen LogP) is 4.37. The molecule has 0 fully saturated rings. The summed E-state index contributed by atoms with van der Waals surface area (Å²) in [5.41, 5.74) is 1.32. The molecule has 2 nitrogen and oxygen atoms in total. The Balaban J connectivity index is 2.85. The fourth-order valence-electron chi connectivity index (χ4n) is 2.02. The molecule has 1 aromatic rings. The zero-order chi connectivity index (χ0) is 12.7. The lowest BCUT2D eigenvalue weighted by Gasteiger charge is -2.27. The first-order valence-electron chi connectivity index (χ1n) is 6.31. The number of likely N-dealkylation sites (N-methyl/N-ethyl adjacent to an activating group) is 1. The van der Waals surface area contributed by atoms with Crippen LogP contribution in [0.4, 0.5) is 0 Å². The summed E-state index contributed by atoms with van der Waals surface area (Å²) in [6.45, 7) is 8.14. The van der Waals surface area contributed by atoms with E-state index in [-0.39, 0.29) is 6.10 Å². The molecule has 1 heterocycles. The van der Waals surface area contributed by atoms with Crippen molar-refractivity contribution in [1.29, 1.82) is 0 Å². The standard InChI is InChI=1S/C13H22BrNOS/c1-4-7-12(16-6-3)13(15-5-2)10-8-17-9-11(10)14/h8-9,12-13,15H,4-7H2,1-3H3. The van der Waals surface area contributed by atoms with Gasteiger partial charge in [0.25, 0.3) is 0 Å². The molecule has 4 heteroatoms. The van der Waals surface area contributed by atoms with Gasteiger partial charge in [-0.25, -0.2) is 0 Å². The molecular weight excluding hydrogens is 298 g/mol. The summed E-state index contributed by atoms with van der Waals surface area (Å²) in [5, 5.41) is 7.89. The lowest BCUT2D eigenvalue weighted by Crippen LogP contribution is -2.34. The number of rotatable bonds is 8. The second-order valence-corrected chi connectivity index (χ2v) is 5.59. The van der Waals surface area contributed by atoms with E-state index in [0.717, 1.165) is 26.0 Å². The SMILES string of the molecule is CCCC(OCC)C(NCC)c1cscc1Br. The number of ether oxygens (including phenoxy) is 1. The van der Waals surface area contributed by atoms with Gasteiger partial charge in [-0.05, 0) is 46.8 Å². The molecule has 0 aliphatic rings.